The molecule has 0 spiro atoms. The number of aliphatic hydroxyl groups is 1. The van der Waals surface area contributed by atoms with Crippen molar-refractivity contribution >= 4 is 10.9 Å². The third kappa shape index (κ3) is 3.75. The predicted octanol–water partition coefficient (Wildman–Crippen LogP) is 4.50. The number of pyridine rings is 1. The maximum Gasteiger partial charge on any atom is 0.162 e. The molecule has 1 atom stereocenters. The third-order valence-electron chi connectivity index (χ3n) is 4.39. The lowest BCUT2D eigenvalue weighted by molar-refractivity contribution is 0.170. The molecule has 0 saturated heterocycles. The molecule has 0 amide bonds. The number of rotatable bonds is 7. The second-order valence-electron chi connectivity index (χ2n) is 5.96. The van der Waals surface area contributed by atoms with Crippen LogP contribution in [0.4, 0.5) is 0 Å². The summed E-state index contributed by atoms with van der Waals surface area (Å²) in [6.07, 6.45) is 1.58. The molecule has 1 N–H and O–H groups in total. The van der Waals surface area contributed by atoms with Crippen molar-refractivity contribution < 1.29 is 24.1 Å². The molecule has 3 rings (SSSR count). The summed E-state index contributed by atoms with van der Waals surface area (Å²) in [7, 11) is 4.76. The molecular formula is C21H23NO5. The SMILES string of the molecule is CCC(O)c1cc(OC)ccc1Oc1ccnc2cc(OC)c(OC)cc12. The minimum absolute atomic E-state index is 0.561. The van der Waals surface area contributed by atoms with Gasteiger partial charge in [-0.15, -0.1) is 0 Å². The fraction of sp³-hybridized carbons (Fsp3) is 0.286. The molecule has 0 radical (unpaired) electrons. The van der Waals surface area contributed by atoms with Crippen LogP contribution in [0, 0.1) is 0 Å². The van der Waals surface area contributed by atoms with Crippen LogP contribution >= 0.6 is 0 Å². The summed E-state index contributed by atoms with van der Waals surface area (Å²) in [4.78, 5) is 4.38. The van der Waals surface area contributed by atoms with E-state index in [4.69, 9.17) is 18.9 Å². The van der Waals surface area contributed by atoms with Crippen molar-refractivity contribution in [3.05, 3.63) is 48.2 Å². The van der Waals surface area contributed by atoms with E-state index in [-0.39, 0.29) is 0 Å². The highest BCUT2D eigenvalue weighted by Gasteiger charge is 2.16. The highest BCUT2D eigenvalue weighted by Crippen LogP contribution is 2.39. The number of aliphatic hydroxyl groups excluding tert-OH is 1. The molecule has 27 heavy (non-hydrogen) atoms. The van der Waals surface area contributed by atoms with Crippen molar-refractivity contribution in [2.45, 2.75) is 19.4 Å². The smallest absolute Gasteiger partial charge is 0.162 e. The van der Waals surface area contributed by atoms with Crippen LogP contribution in [-0.4, -0.2) is 31.4 Å². The Morgan fingerprint density at radius 1 is 0.889 bits per heavy atom. The average molecular weight is 369 g/mol. The molecular weight excluding hydrogens is 346 g/mol. The van der Waals surface area contributed by atoms with Gasteiger partial charge in [0, 0.05) is 23.2 Å². The van der Waals surface area contributed by atoms with E-state index in [1.54, 1.807) is 57.9 Å². The number of hydrogen-bond donors (Lipinski definition) is 1. The molecule has 0 fully saturated rings. The first-order chi connectivity index (χ1) is 13.1. The van der Waals surface area contributed by atoms with E-state index in [0.29, 0.717) is 40.7 Å². The molecule has 3 aromatic rings. The predicted molar refractivity (Wildman–Crippen MR) is 103 cm³/mol. The van der Waals surface area contributed by atoms with Crippen molar-refractivity contribution in [1.29, 1.82) is 0 Å². The van der Waals surface area contributed by atoms with E-state index in [1.807, 2.05) is 13.0 Å². The summed E-state index contributed by atoms with van der Waals surface area (Å²) in [5.74, 6) is 3.02. The second kappa shape index (κ2) is 8.14. The molecule has 0 aliphatic heterocycles. The fourth-order valence-electron chi connectivity index (χ4n) is 2.88. The molecule has 6 heteroatoms. The molecule has 0 saturated carbocycles. The summed E-state index contributed by atoms with van der Waals surface area (Å²) >= 11 is 0. The summed E-state index contributed by atoms with van der Waals surface area (Å²) in [5.41, 5.74) is 1.39. The van der Waals surface area contributed by atoms with Gasteiger partial charge in [-0.25, -0.2) is 0 Å². The Kier molecular flexibility index (Phi) is 5.66. The lowest BCUT2D eigenvalue weighted by atomic mass is 10.1. The molecule has 142 valence electrons. The van der Waals surface area contributed by atoms with Crippen molar-refractivity contribution in [2.75, 3.05) is 21.3 Å². The summed E-state index contributed by atoms with van der Waals surface area (Å²) < 4.78 is 22.2. The normalized spacial score (nSPS) is 11.9. The number of aromatic nitrogens is 1. The van der Waals surface area contributed by atoms with Gasteiger partial charge in [0.25, 0.3) is 0 Å². The molecule has 0 bridgehead atoms. The Morgan fingerprint density at radius 3 is 2.30 bits per heavy atom. The second-order valence-corrected chi connectivity index (χ2v) is 5.96. The Labute approximate surface area is 158 Å². The first kappa shape index (κ1) is 18.8. The van der Waals surface area contributed by atoms with Gasteiger partial charge in [-0.1, -0.05) is 6.92 Å². The van der Waals surface area contributed by atoms with Gasteiger partial charge in [-0.05, 0) is 36.8 Å². The topological polar surface area (TPSA) is 70.0 Å². The van der Waals surface area contributed by atoms with Crippen molar-refractivity contribution in [3.8, 4) is 28.7 Å². The lowest BCUT2D eigenvalue weighted by Crippen LogP contribution is -2.00. The van der Waals surface area contributed by atoms with E-state index in [0.717, 1.165) is 10.9 Å². The van der Waals surface area contributed by atoms with Crippen LogP contribution < -0.4 is 18.9 Å². The summed E-state index contributed by atoms with van der Waals surface area (Å²) in [6.45, 7) is 1.91. The van der Waals surface area contributed by atoms with Crippen LogP contribution in [0.2, 0.25) is 0 Å². The van der Waals surface area contributed by atoms with Gasteiger partial charge in [0.1, 0.15) is 17.2 Å². The standard InChI is InChI=1S/C21H23NO5/c1-5-17(23)15-10-13(24-2)6-7-18(15)27-19-8-9-22-16-12-21(26-4)20(25-3)11-14(16)19/h6-12,17,23H,5H2,1-4H3. The zero-order valence-electron chi connectivity index (χ0n) is 15.9. The number of fused-ring (bicyclic) bond motifs is 1. The highest BCUT2D eigenvalue weighted by atomic mass is 16.5. The summed E-state index contributed by atoms with van der Waals surface area (Å²) in [6, 6.07) is 10.8. The van der Waals surface area contributed by atoms with Crippen LogP contribution in [-0.2, 0) is 0 Å². The first-order valence-electron chi connectivity index (χ1n) is 8.65. The molecule has 1 aromatic heterocycles. The van der Waals surface area contributed by atoms with Crippen LogP contribution in [0.5, 0.6) is 28.7 Å². The van der Waals surface area contributed by atoms with Crippen LogP contribution in [0.25, 0.3) is 10.9 Å². The zero-order chi connectivity index (χ0) is 19.4. The first-order valence-corrected chi connectivity index (χ1v) is 8.65. The largest absolute Gasteiger partial charge is 0.497 e. The number of benzene rings is 2. The number of hydrogen-bond acceptors (Lipinski definition) is 6. The van der Waals surface area contributed by atoms with Crippen molar-refractivity contribution in [1.82, 2.24) is 4.98 Å². The maximum absolute atomic E-state index is 10.4. The molecule has 2 aromatic carbocycles. The minimum atomic E-state index is -0.655. The lowest BCUT2D eigenvalue weighted by Gasteiger charge is -2.17. The van der Waals surface area contributed by atoms with Crippen molar-refractivity contribution in [3.63, 3.8) is 0 Å². The van der Waals surface area contributed by atoms with Crippen LogP contribution in [0.3, 0.4) is 0 Å². The molecule has 6 nitrogen and oxygen atoms in total. The molecule has 0 aliphatic carbocycles. The van der Waals surface area contributed by atoms with E-state index < -0.39 is 6.10 Å². The average Bonchev–Trinajstić information content (AvgIpc) is 2.72. The quantitative estimate of drug-likeness (QED) is 0.661. The molecule has 1 heterocycles. The van der Waals surface area contributed by atoms with Gasteiger partial charge in [-0.2, -0.15) is 0 Å². The number of ether oxygens (including phenoxy) is 4. The Balaban J connectivity index is 2.09. The monoisotopic (exact) mass is 369 g/mol. The van der Waals surface area contributed by atoms with Gasteiger partial charge in [0.2, 0.25) is 0 Å². The van der Waals surface area contributed by atoms with E-state index >= 15 is 0 Å². The summed E-state index contributed by atoms with van der Waals surface area (Å²) in [5, 5.41) is 11.2. The maximum atomic E-state index is 10.4. The molecule has 0 aliphatic rings. The third-order valence-corrected chi connectivity index (χ3v) is 4.39. The Hall–Kier alpha value is -2.99. The van der Waals surface area contributed by atoms with Gasteiger partial charge in [0.05, 0.1) is 33.0 Å². The van der Waals surface area contributed by atoms with Crippen molar-refractivity contribution in [2.24, 2.45) is 0 Å². The highest BCUT2D eigenvalue weighted by molar-refractivity contribution is 5.88. The Morgan fingerprint density at radius 2 is 1.63 bits per heavy atom. The zero-order valence-corrected chi connectivity index (χ0v) is 15.9. The Bertz CT molecular complexity index is 941. The number of methoxy groups -OCH3 is 3. The van der Waals surface area contributed by atoms with Gasteiger partial charge < -0.3 is 24.1 Å². The van der Waals surface area contributed by atoms with Gasteiger partial charge in [0.15, 0.2) is 11.5 Å². The van der Waals surface area contributed by atoms with Crippen LogP contribution in [0.1, 0.15) is 25.0 Å². The molecule has 1 unspecified atom stereocenters. The minimum Gasteiger partial charge on any atom is -0.497 e. The van der Waals surface area contributed by atoms with Crippen LogP contribution in [0.15, 0.2) is 42.6 Å². The number of nitrogens with zero attached hydrogens (tertiary/aromatic N) is 1. The van der Waals surface area contributed by atoms with E-state index in [1.165, 1.54) is 0 Å². The van der Waals surface area contributed by atoms with Gasteiger partial charge in [-0.3, -0.25) is 4.98 Å². The van der Waals surface area contributed by atoms with Gasteiger partial charge >= 0.3 is 0 Å². The van der Waals surface area contributed by atoms with E-state index in [2.05, 4.69) is 4.98 Å². The van der Waals surface area contributed by atoms with E-state index in [9.17, 15) is 5.11 Å². The fourth-order valence-corrected chi connectivity index (χ4v) is 2.88.